The van der Waals surface area contributed by atoms with Gasteiger partial charge in [0.1, 0.15) is 17.7 Å². The number of amides is 4. The Hall–Kier alpha value is -3.36. The highest BCUT2D eigenvalue weighted by atomic mass is 16.6. The minimum absolute atomic E-state index is 0.0417. The van der Waals surface area contributed by atoms with Crippen LogP contribution in [0.1, 0.15) is 77.5 Å². The minimum Gasteiger partial charge on any atom is -0.444 e. The maximum atomic E-state index is 13.8. The number of ether oxygens (including phenoxy) is 1. The molecule has 2 unspecified atom stereocenters. The number of benzene rings is 1. The van der Waals surface area contributed by atoms with E-state index in [0.29, 0.717) is 12.1 Å². The van der Waals surface area contributed by atoms with Crippen LogP contribution in [0.5, 0.6) is 0 Å². The molecule has 0 aliphatic heterocycles. The number of alkyl carbamates (subject to hydrolysis) is 1. The van der Waals surface area contributed by atoms with Crippen molar-refractivity contribution in [3.05, 3.63) is 48.0 Å². The molecule has 0 aliphatic rings. The molecule has 0 bridgehead atoms. The minimum atomic E-state index is -1.13. The summed E-state index contributed by atoms with van der Waals surface area (Å²) in [5.74, 6) is -1.50. The fourth-order valence-electron chi connectivity index (χ4n) is 3.55. The number of aryl methyl sites for hydroxylation is 1. The van der Waals surface area contributed by atoms with E-state index in [-0.39, 0.29) is 25.3 Å². The SMILES string of the molecule is C=CCN(C(=O)C(CCC(N)=O)NC(=O)OC(C)(C)C)C(C(=O)NCCCC)c1ccc(CC)cc1. The molecule has 9 heteroatoms. The highest BCUT2D eigenvalue weighted by Crippen LogP contribution is 2.24. The molecule has 0 fully saturated rings. The number of carbonyl (C=O) groups excluding carboxylic acids is 4. The Labute approximate surface area is 214 Å². The Morgan fingerprint density at radius 2 is 1.78 bits per heavy atom. The lowest BCUT2D eigenvalue weighted by Crippen LogP contribution is -2.53. The molecule has 1 aromatic carbocycles. The van der Waals surface area contributed by atoms with Gasteiger partial charge >= 0.3 is 6.09 Å². The van der Waals surface area contributed by atoms with E-state index in [4.69, 9.17) is 10.5 Å². The van der Waals surface area contributed by atoms with E-state index in [1.165, 1.54) is 11.0 Å². The summed E-state index contributed by atoms with van der Waals surface area (Å²) in [7, 11) is 0. The lowest BCUT2D eigenvalue weighted by Gasteiger charge is -2.34. The van der Waals surface area contributed by atoms with Crippen molar-refractivity contribution < 1.29 is 23.9 Å². The molecule has 4 amide bonds. The Kier molecular flexibility index (Phi) is 12.7. The monoisotopic (exact) mass is 502 g/mol. The van der Waals surface area contributed by atoms with Crippen LogP contribution in [0.4, 0.5) is 4.79 Å². The summed E-state index contributed by atoms with van der Waals surface area (Å²) < 4.78 is 5.31. The van der Waals surface area contributed by atoms with Crippen molar-refractivity contribution in [2.45, 2.75) is 84.4 Å². The van der Waals surface area contributed by atoms with Crippen LogP contribution >= 0.6 is 0 Å². The Bertz CT molecular complexity index is 892. The maximum absolute atomic E-state index is 13.8. The van der Waals surface area contributed by atoms with Crippen LogP contribution in [0.25, 0.3) is 0 Å². The van der Waals surface area contributed by atoms with Crippen molar-refractivity contribution in [1.29, 1.82) is 0 Å². The van der Waals surface area contributed by atoms with Gasteiger partial charge in [0.2, 0.25) is 17.7 Å². The van der Waals surface area contributed by atoms with Crippen molar-refractivity contribution >= 4 is 23.8 Å². The van der Waals surface area contributed by atoms with E-state index in [1.54, 1.807) is 20.8 Å². The van der Waals surface area contributed by atoms with Gasteiger partial charge < -0.3 is 26.0 Å². The predicted octanol–water partition coefficient (Wildman–Crippen LogP) is 3.38. The summed E-state index contributed by atoms with van der Waals surface area (Å²) in [6.45, 7) is 13.4. The number of hydrogen-bond acceptors (Lipinski definition) is 5. The van der Waals surface area contributed by atoms with Gasteiger partial charge in [-0.3, -0.25) is 14.4 Å². The Morgan fingerprint density at radius 3 is 2.28 bits per heavy atom. The largest absolute Gasteiger partial charge is 0.444 e. The third kappa shape index (κ3) is 10.5. The van der Waals surface area contributed by atoms with Crippen LogP contribution in [-0.4, -0.2) is 53.4 Å². The first-order chi connectivity index (χ1) is 16.9. The Morgan fingerprint density at radius 1 is 1.14 bits per heavy atom. The van der Waals surface area contributed by atoms with E-state index in [0.717, 1.165) is 24.8 Å². The molecule has 0 heterocycles. The van der Waals surface area contributed by atoms with Crippen LogP contribution in [0, 0.1) is 0 Å². The summed E-state index contributed by atoms with van der Waals surface area (Å²) >= 11 is 0. The summed E-state index contributed by atoms with van der Waals surface area (Å²) in [5, 5.41) is 5.47. The third-order valence-electron chi connectivity index (χ3n) is 5.37. The molecule has 0 saturated heterocycles. The smallest absolute Gasteiger partial charge is 0.408 e. The molecule has 200 valence electrons. The normalized spacial score (nSPS) is 12.7. The van der Waals surface area contributed by atoms with Gasteiger partial charge in [-0.25, -0.2) is 4.79 Å². The van der Waals surface area contributed by atoms with Crippen molar-refractivity contribution in [3.8, 4) is 0 Å². The van der Waals surface area contributed by atoms with Gasteiger partial charge in [0.15, 0.2) is 0 Å². The quantitative estimate of drug-likeness (QED) is 0.265. The van der Waals surface area contributed by atoms with Crippen molar-refractivity contribution in [2.75, 3.05) is 13.1 Å². The van der Waals surface area contributed by atoms with Crippen LogP contribution in [0.2, 0.25) is 0 Å². The average molecular weight is 503 g/mol. The zero-order valence-electron chi connectivity index (χ0n) is 22.3. The lowest BCUT2D eigenvalue weighted by atomic mass is 9.99. The van der Waals surface area contributed by atoms with Gasteiger partial charge in [-0.15, -0.1) is 6.58 Å². The first-order valence-electron chi connectivity index (χ1n) is 12.5. The molecule has 0 spiro atoms. The van der Waals surface area contributed by atoms with E-state index in [1.807, 2.05) is 38.1 Å². The molecule has 0 aliphatic carbocycles. The van der Waals surface area contributed by atoms with Crippen LogP contribution in [0.15, 0.2) is 36.9 Å². The van der Waals surface area contributed by atoms with Crippen molar-refractivity contribution in [2.24, 2.45) is 5.73 Å². The summed E-state index contributed by atoms with van der Waals surface area (Å²) in [4.78, 5) is 52.5. The number of rotatable bonds is 14. The molecule has 1 aromatic rings. The summed E-state index contributed by atoms with van der Waals surface area (Å²) in [5.41, 5.74) is 6.25. The molecular formula is C27H42N4O5. The summed E-state index contributed by atoms with van der Waals surface area (Å²) in [6, 6.07) is 5.39. The highest BCUT2D eigenvalue weighted by molar-refractivity contribution is 5.92. The number of carbonyl (C=O) groups is 4. The van der Waals surface area contributed by atoms with E-state index in [2.05, 4.69) is 17.2 Å². The van der Waals surface area contributed by atoms with Crippen LogP contribution in [-0.2, 0) is 25.5 Å². The van der Waals surface area contributed by atoms with E-state index < -0.39 is 35.6 Å². The highest BCUT2D eigenvalue weighted by Gasteiger charge is 2.35. The molecule has 2 atom stereocenters. The van der Waals surface area contributed by atoms with E-state index >= 15 is 0 Å². The second-order valence-electron chi connectivity index (χ2n) is 9.63. The van der Waals surface area contributed by atoms with Gasteiger partial charge in [-0.2, -0.15) is 0 Å². The average Bonchev–Trinajstić information content (AvgIpc) is 2.80. The number of nitrogens with zero attached hydrogens (tertiary/aromatic N) is 1. The summed E-state index contributed by atoms with van der Waals surface area (Å²) in [6.07, 6.45) is 3.07. The second kappa shape index (κ2) is 14.9. The zero-order chi connectivity index (χ0) is 27.3. The van der Waals surface area contributed by atoms with Gasteiger partial charge in [0, 0.05) is 19.5 Å². The fourth-order valence-corrected chi connectivity index (χ4v) is 3.55. The number of primary amides is 1. The van der Waals surface area contributed by atoms with Crippen LogP contribution in [0.3, 0.4) is 0 Å². The number of nitrogens with two attached hydrogens (primary N) is 1. The van der Waals surface area contributed by atoms with Crippen molar-refractivity contribution in [3.63, 3.8) is 0 Å². The van der Waals surface area contributed by atoms with E-state index in [9.17, 15) is 19.2 Å². The molecule has 0 radical (unpaired) electrons. The fraction of sp³-hybridized carbons (Fsp3) is 0.556. The molecule has 1 rings (SSSR count). The molecule has 36 heavy (non-hydrogen) atoms. The lowest BCUT2D eigenvalue weighted by molar-refractivity contribution is -0.142. The Balaban J connectivity index is 3.40. The zero-order valence-corrected chi connectivity index (χ0v) is 22.3. The topological polar surface area (TPSA) is 131 Å². The maximum Gasteiger partial charge on any atom is 0.408 e. The predicted molar refractivity (Wildman–Crippen MR) is 140 cm³/mol. The standard InChI is InChI=1S/C27H42N4O5/c1-7-10-17-29-24(33)23(20-13-11-19(9-3)12-14-20)31(18-8-2)25(34)21(15-16-22(28)32)30-26(35)36-27(4,5)6/h8,11-14,21,23H,2,7,9-10,15-18H2,1,3-6H3,(H2,28,32)(H,29,33)(H,30,35). The molecule has 4 N–H and O–H groups in total. The van der Waals surface area contributed by atoms with Gasteiger partial charge in [-0.05, 0) is 51.2 Å². The number of hydrogen-bond donors (Lipinski definition) is 3. The number of nitrogens with one attached hydrogen (secondary N) is 2. The molecule has 0 saturated carbocycles. The first kappa shape index (κ1) is 30.7. The van der Waals surface area contributed by atoms with Gasteiger partial charge in [0.25, 0.3) is 0 Å². The van der Waals surface area contributed by atoms with Crippen LogP contribution < -0.4 is 16.4 Å². The second-order valence-corrected chi connectivity index (χ2v) is 9.63. The molecule has 9 nitrogen and oxygen atoms in total. The van der Waals surface area contributed by atoms with Gasteiger partial charge in [-0.1, -0.05) is 50.6 Å². The number of unbranched alkanes of at least 4 members (excludes halogenated alkanes) is 1. The third-order valence-corrected chi connectivity index (χ3v) is 5.37. The molecular weight excluding hydrogens is 460 g/mol. The first-order valence-corrected chi connectivity index (χ1v) is 12.5. The molecule has 0 aromatic heterocycles. The van der Waals surface area contributed by atoms with Gasteiger partial charge in [0.05, 0.1) is 0 Å². The van der Waals surface area contributed by atoms with Crippen molar-refractivity contribution in [1.82, 2.24) is 15.5 Å².